The first kappa shape index (κ1) is 23.1. The van der Waals surface area contributed by atoms with Crippen molar-refractivity contribution in [1.82, 2.24) is 0 Å². The molecule has 2 aromatic carbocycles. The summed E-state index contributed by atoms with van der Waals surface area (Å²) in [6, 6.07) is 6.98. The zero-order valence-corrected chi connectivity index (χ0v) is 15.6. The fourth-order valence-electron chi connectivity index (χ4n) is 2.46. The van der Waals surface area contributed by atoms with E-state index in [9.17, 15) is 42.3 Å². The van der Waals surface area contributed by atoms with Gasteiger partial charge in [0.15, 0.2) is 0 Å². The van der Waals surface area contributed by atoms with E-state index in [4.69, 9.17) is 0 Å². The van der Waals surface area contributed by atoms with Crippen LogP contribution in [-0.2, 0) is 20.7 Å². The quantitative estimate of drug-likeness (QED) is 0.268. The highest BCUT2D eigenvalue weighted by molar-refractivity contribution is 7.93. The average molecular weight is 429 g/mol. The lowest BCUT2D eigenvalue weighted by Gasteiger charge is -2.16. The molecule has 0 amide bonds. The van der Waals surface area contributed by atoms with Gasteiger partial charge in [-0.05, 0) is 35.2 Å². The summed E-state index contributed by atoms with van der Waals surface area (Å²) in [6.45, 7) is -0.276. The number of rotatable bonds is 7. The molecule has 154 valence electrons. The predicted octanol–water partition coefficient (Wildman–Crippen LogP) is -0.460. The molecule has 0 radical (unpaired) electrons. The van der Waals surface area contributed by atoms with Crippen LogP contribution in [0.5, 0.6) is 0 Å². The smallest absolute Gasteiger partial charge is 0.423 e. The highest BCUT2D eigenvalue weighted by Crippen LogP contribution is 2.32. The number of carbonyl (C=O) groups is 1. The van der Waals surface area contributed by atoms with E-state index in [1.165, 1.54) is 18.2 Å². The van der Waals surface area contributed by atoms with Crippen LogP contribution in [0.3, 0.4) is 0 Å². The number of halogens is 3. The fraction of sp³-hybridized carbons (Fsp3) is 0.188. The molecule has 0 saturated carbocycles. The van der Waals surface area contributed by atoms with Gasteiger partial charge in [0.25, 0.3) is 0 Å². The Bertz CT molecular complexity index is 1010. The lowest BCUT2D eigenvalue weighted by Crippen LogP contribution is -2.32. The Morgan fingerprint density at radius 1 is 0.966 bits per heavy atom. The molecule has 0 aliphatic carbocycles. The highest BCUT2D eigenvalue weighted by atomic mass is 32.2. The monoisotopic (exact) mass is 429 g/mol. The van der Waals surface area contributed by atoms with E-state index in [-0.39, 0.29) is 23.3 Å². The van der Waals surface area contributed by atoms with E-state index in [0.717, 1.165) is 12.1 Å². The average Bonchev–Trinajstić information content (AvgIpc) is 2.67. The van der Waals surface area contributed by atoms with Gasteiger partial charge >= 0.3 is 20.4 Å². The third-order valence-electron chi connectivity index (χ3n) is 3.87. The molecule has 7 nitrogen and oxygen atoms in total. The van der Waals surface area contributed by atoms with Crippen molar-refractivity contribution in [1.29, 1.82) is 0 Å². The molecule has 1 unspecified atom stereocenters. The van der Waals surface area contributed by atoms with Crippen LogP contribution in [0.2, 0.25) is 0 Å². The van der Waals surface area contributed by atoms with E-state index in [1.807, 2.05) is 0 Å². The lowest BCUT2D eigenvalue weighted by molar-refractivity contribution is -0.137. The van der Waals surface area contributed by atoms with Crippen LogP contribution in [0, 0.1) is 0 Å². The number of hydrogen-bond acceptors (Lipinski definition) is 7. The largest absolute Gasteiger partial charge is 0.488 e. The number of carbonyl (C=O) groups excluding carboxylic acids is 1. The summed E-state index contributed by atoms with van der Waals surface area (Å²) in [5, 5.41) is 37.4. The third kappa shape index (κ3) is 5.46. The van der Waals surface area contributed by atoms with Gasteiger partial charge in [0, 0.05) is 6.42 Å². The summed E-state index contributed by atoms with van der Waals surface area (Å²) < 4.78 is 57.5. The molecule has 4 N–H and O–H groups in total. The molecule has 29 heavy (non-hydrogen) atoms. The van der Waals surface area contributed by atoms with Gasteiger partial charge in [-0.2, -0.15) is 13.2 Å². The summed E-state index contributed by atoms with van der Waals surface area (Å²) in [5.74, 6) is 0. The van der Waals surface area contributed by atoms with E-state index in [2.05, 4.69) is 4.36 Å². The highest BCUT2D eigenvalue weighted by Gasteiger charge is 2.34. The first-order valence-corrected chi connectivity index (χ1v) is 9.71. The second-order valence-corrected chi connectivity index (χ2v) is 8.19. The number of benzene rings is 2. The summed E-state index contributed by atoms with van der Waals surface area (Å²) in [7, 11) is -7.98. The number of nitrogens with zero attached hydrogens (tertiary/aromatic N) is 1. The lowest BCUT2D eigenvalue weighted by atomic mass is 9.79. The maximum atomic E-state index is 13.7. The van der Waals surface area contributed by atoms with Crippen LogP contribution < -0.4 is 10.9 Å². The van der Waals surface area contributed by atoms with Gasteiger partial charge in [-0.25, -0.2) is 8.57 Å². The Hall–Kier alpha value is -2.18. The first-order valence-electron chi connectivity index (χ1n) is 8.20. The summed E-state index contributed by atoms with van der Waals surface area (Å²) in [6.07, 6.45) is -4.52. The Morgan fingerprint density at radius 3 is 2.14 bits per heavy atom. The standard InChI is InChI=1S/C16H16B2F3NO6S/c19-16(20,21)11-7-13(18(26)27)10-15(8-11)29(28,22-5-2-6-23)14-4-1-3-12(9-14)17(24)25/h1,3-4,6-10,24-27H,2,5H2. The van der Waals surface area contributed by atoms with Crippen LogP contribution in [0.25, 0.3) is 0 Å². The molecule has 1 atom stereocenters. The van der Waals surface area contributed by atoms with E-state index >= 15 is 0 Å². The van der Waals surface area contributed by atoms with E-state index < -0.39 is 46.1 Å². The minimum absolute atomic E-state index is 0.0739. The SMILES string of the molecule is O=CCCN=S(=O)(c1cccc(B(O)O)c1)c1cc(B(O)O)cc(C(F)(F)F)c1. The maximum absolute atomic E-state index is 13.7. The Morgan fingerprint density at radius 2 is 1.59 bits per heavy atom. The summed E-state index contributed by atoms with van der Waals surface area (Å²) >= 11 is 0. The molecule has 0 fully saturated rings. The Kier molecular flexibility index (Phi) is 7.25. The normalized spacial score (nSPS) is 13.5. The molecular weight excluding hydrogens is 413 g/mol. The molecule has 2 rings (SSSR count). The Labute approximate surface area is 165 Å². The van der Waals surface area contributed by atoms with Gasteiger partial charge in [0.05, 0.1) is 21.9 Å². The first-order chi connectivity index (χ1) is 13.5. The van der Waals surface area contributed by atoms with Crippen LogP contribution in [0.1, 0.15) is 12.0 Å². The van der Waals surface area contributed by atoms with Crippen LogP contribution >= 0.6 is 0 Å². The van der Waals surface area contributed by atoms with Crippen molar-refractivity contribution >= 4 is 41.2 Å². The minimum Gasteiger partial charge on any atom is -0.423 e. The zero-order chi connectivity index (χ0) is 21.8. The van der Waals surface area contributed by atoms with Gasteiger partial charge < -0.3 is 24.9 Å². The van der Waals surface area contributed by atoms with Gasteiger partial charge in [-0.1, -0.05) is 18.2 Å². The summed E-state index contributed by atoms with van der Waals surface area (Å²) in [5.41, 5.74) is -1.89. The molecule has 0 saturated heterocycles. The maximum Gasteiger partial charge on any atom is 0.488 e. The fourth-order valence-corrected chi connectivity index (χ4v) is 4.54. The molecule has 2 aromatic rings. The summed E-state index contributed by atoms with van der Waals surface area (Å²) in [4.78, 5) is 10.0. The minimum atomic E-state index is -4.87. The second-order valence-electron chi connectivity index (χ2n) is 5.94. The van der Waals surface area contributed by atoms with E-state index in [0.29, 0.717) is 18.4 Å². The van der Waals surface area contributed by atoms with Crippen molar-refractivity contribution < 1.29 is 42.3 Å². The van der Waals surface area contributed by atoms with Crippen molar-refractivity contribution in [3.05, 3.63) is 48.0 Å². The molecule has 0 aromatic heterocycles. The number of hydrogen-bond donors (Lipinski definition) is 4. The van der Waals surface area contributed by atoms with Gasteiger partial charge in [0.1, 0.15) is 16.0 Å². The molecular formula is C16H16B2F3NO6S. The third-order valence-corrected chi connectivity index (χ3v) is 6.18. The van der Waals surface area contributed by atoms with E-state index in [1.54, 1.807) is 0 Å². The van der Waals surface area contributed by atoms with Gasteiger partial charge in [-0.3, -0.25) is 0 Å². The molecule has 0 aliphatic heterocycles. The van der Waals surface area contributed by atoms with Crippen LogP contribution in [0.15, 0.2) is 56.6 Å². The van der Waals surface area contributed by atoms with Gasteiger partial charge in [-0.15, -0.1) is 0 Å². The predicted molar refractivity (Wildman–Crippen MR) is 100 cm³/mol. The van der Waals surface area contributed by atoms with Crippen molar-refractivity contribution in [2.75, 3.05) is 6.54 Å². The second kappa shape index (κ2) is 9.09. The van der Waals surface area contributed by atoms with Crippen molar-refractivity contribution in [3.63, 3.8) is 0 Å². The zero-order valence-electron chi connectivity index (χ0n) is 14.8. The van der Waals surface area contributed by atoms with Crippen molar-refractivity contribution in [3.8, 4) is 0 Å². The van der Waals surface area contributed by atoms with Gasteiger partial charge in [0.2, 0.25) is 0 Å². The van der Waals surface area contributed by atoms with Crippen molar-refractivity contribution in [2.24, 2.45) is 4.36 Å². The van der Waals surface area contributed by atoms with Crippen LogP contribution in [0.4, 0.5) is 13.2 Å². The molecule has 13 heteroatoms. The Balaban J connectivity index is 2.81. The topological polar surface area (TPSA) is 127 Å². The molecule has 0 aliphatic rings. The number of aldehydes is 1. The van der Waals surface area contributed by atoms with Crippen molar-refractivity contribution in [2.45, 2.75) is 22.4 Å². The molecule has 0 spiro atoms. The van der Waals surface area contributed by atoms with Crippen LogP contribution in [-0.4, -0.2) is 51.4 Å². The molecule has 0 bridgehead atoms. The molecule has 0 heterocycles. The number of alkyl halides is 3.